The molecule has 2 rings (SSSR count). The highest BCUT2D eigenvalue weighted by Gasteiger charge is 2.32. The van der Waals surface area contributed by atoms with Crippen LogP contribution in [0.4, 0.5) is 0 Å². The molecule has 0 bridgehead atoms. The molecule has 0 aromatic rings. The number of piperazine rings is 1. The summed E-state index contributed by atoms with van der Waals surface area (Å²) in [7, 11) is 2.22. The van der Waals surface area contributed by atoms with Crippen molar-refractivity contribution in [3.05, 3.63) is 0 Å². The number of hydrogen-bond donors (Lipinski definition) is 0. The van der Waals surface area contributed by atoms with Crippen LogP contribution < -0.4 is 0 Å². The van der Waals surface area contributed by atoms with Crippen molar-refractivity contribution < 1.29 is 4.74 Å². The first-order chi connectivity index (χ1) is 8.15. The lowest BCUT2D eigenvalue weighted by Crippen LogP contribution is -2.63. The molecule has 0 aliphatic carbocycles. The summed E-state index contributed by atoms with van der Waals surface area (Å²) < 4.78 is 5.58. The predicted molar refractivity (Wildman–Crippen MR) is 70.4 cm³/mol. The summed E-state index contributed by atoms with van der Waals surface area (Å²) in [6.45, 7) is 13.6. The number of likely N-dealkylation sites (tertiary alicyclic amines) is 1. The average Bonchev–Trinajstić information content (AvgIpc) is 2.23. The van der Waals surface area contributed by atoms with Crippen LogP contribution in [0.5, 0.6) is 0 Å². The van der Waals surface area contributed by atoms with Crippen molar-refractivity contribution in [3.8, 4) is 0 Å². The van der Waals surface area contributed by atoms with Gasteiger partial charge in [0.1, 0.15) is 0 Å². The van der Waals surface area contributed by atoms with Crippen LogP contribution in [0.2, 0.25) is 0 Å². The predicted octanol–water partition coefficient (Wildman–Crippen LogP) is 0.343. The smallest absolute Gasteiger partial charge is 0.0596 e. The van der Waals surface area contributed by atoms with Crippen molar-refractivity contribution in [2.45, 2.75) is 26.0 Å². The zero-order chi connectivity index (χ0) is 12.3. The Morgan fingerprint density at radius 1 is 1.12 bits per heavy atom. The van der Waals surface area contributed by atoms with Gasteiger partial charge in [-0.25, -0.2) is 0 Å². The fourth-order valence-corrected chi connectivity index (χ4v) is 2.56. The molecule has 2 aliphatic heterocycles. The van der Waals surface area contributed by atoms with Crippen molar-refractivity contribution in [1.82, 2.24) is 14.7 Å². The number of likely N-dealkylation sites (N-methyl/N-ethyl adjacent to an activating group) is 1. The summed E-state index contributed by atoms with van der Waals surface area (Å²) in [4.78, 5) is 7.58. The van der Waals surface area contributed by atoms with E-state index in [1.807, 2.05) is 0 Å². The number of rotatable bonds is 5. The summed E-state index contributed by atoms with van der Waals surface area (Å²) in [5.74, 6) is 0. The van der Waals surface area contributed by atoms with E-state index >= 15 is 0 Å². The van der Waals surface area contributed by atoms with E-state index in [9.17, 15) is 0 Å². The molecule has 0 aromatic carbocycles. The molecule has 2 aliphatic rings. The van der Waals surface area contributed by atoms with Crippen LogP contribution in [0.25, 0.3) is 0 Å². The summed E-state index contributed by atoms with van der Waals surface area (Å²) in [5, 5.41) is 0. The fourth-order valence-electron chi connectivity index (χ4n) is 2.56. The second-order valence-electron chi connectivity index (χ2n) is 5.67. The summed E-state index contributed by atoms with van der Waals surface area (Å²) in [6.07, 6.45) is 0.365. The zero-order valence-corrected chi connectivity index (χ0v) is 11.6. The van der Waals surface area contributed by atoms with Gasteiger partial charge in [-0.1, -0.05) is 0 Å². The van der Waals surface area contributed by atoms with Gasteiger partial charge in [0.15, 0.2) is 0 Å². The van der Waals surface area contributed by atoms with Crippen molar-refractivity contribution in [3.63, 3.8) is 0 Å². The number of hydrogen-bond acceptors (Lipinski definition) is 4. The summed E-state index contributed by atoms with van der Waals surface area (Å²) in [6, 6.07) is 0.808. The van der Waals surface area contributed by atoms with Crippen LogP contribution >= 0.6 is 0 Å². The SMILES string of the molecule is CC(C)OCCN1CC(N2CCN(C)CC2)C1. The van der Waals surface area contributed by atoms with Gasteiger partial charge in [0.25, 0.3) is 0 Å². The number of ether oxygens (including phenoxy) is 1. The first-order valence-electron chi connectivity index (χ1n) is 6.91. The number of nitrogens with zero attached hydrogens (tertiary/aromatic N) is 3. The lowest BCUT2D eigenvalue weighted by molar-refractivity contribution is -0.0133. The van der Waals surface area contributed by atoms with Crippen LogP contribution in [-0.2, 0) is 4.74 Å². The molecule has 0 atom stereocenters. The molecule has 2 fully saturated rings. The average molecular weight is 241 g/mol. The maximum atomic E-state index is 5.58. The molecule has 0 N–H and O–H groups in total. The maximum absolute atomic E-state index is 5.58. The van der Waals surface area contributed by atoms with Crippen LogP contribution in [0.15, 0.2) is 0 Å². The topological polar surface area (TPSA) is 19.0 Å². The van der Waals surface area contributed by atoms with Crippen LogP contribution in [0, 0.1) is 0 Å². The highest BCUT2D eigenvalue weighted by molar-refractivity contribution is 4.89. The third kappa shape index (κ3) is 3.91. The molecule has 17 heavy (non-hydrogen) atoms. The molecule has 0 amide bonds. The molecule has 4 nitrogen and oxygen atoms in total. The molecule has 100 valence electrons. The van der Waals surface area contributed by atoms with Gasteiger partial charge in [-0.15, -0.1) is 0 Å². The quantitative estimate of drug-likeness (QED) is 0.691. The monoisotopic (exact) mass is 241 g/mol. The van der Waals surface area contributed by atoms with E-state index in [2.05, 4.69) is 35.6 Å². The maximum Gasteiger partial charge on any atom is 0.0596 e. The molecule has 2 saturated heterocycles. The molecule has 2 heterocycles. The van der Waals surface area contributed by atoms with Crippen molar-refractivity contribution in [1.29, 1.82) is 0 Å². The highest BCUT2D eigenvalue weighted by atomic mass is 16.5. The summed E-state index contributed by atoms with van der Waals surface area (Å²) in [5.41, 5.74) is 0. The van der Waals surface area contributed by atoms with Crippen molar-refractivity contribution in [2.24, 2.45) is 0 Å². The largest absolute Gasteiger partial charge is 0.377 e. The lowest BCUT2D eigenvalue weighted by Gasteiger charge is -2.47. The van der Waals surface area contributed by atoms with Gasteiger partial charge in [-0.05, 0) is 20.9 Å². The third-order valence-corrected chi connectivity index (χ3v) is 3.85. The molecule has 0 saturated carbocycles. The Kier molecular flexibility index (Phi) is 4.79. The van der Waals surface area contributed by atoms with Gasteiger partial charge >= 0.3 is 0 Å². The van der Waals surface area contributed by atoms with E-state index < -0.39 is 0 Å². The molecule has 0 spiro atoms. The molecular weight excluding hydrogens is 214 g/mol. The molecule has 4 heteroatoms. The standard InChI is InChI=1S/C13H27N3O/c1-12(2)17-9-8-15-10-13(11-15)16-6-4-14(3)5-7-16/h12-13H,4-11H2,1-3H3. The van der Waals surface area contributed by atoms with Crippen LogP contribution in [0.1, 0.15) is 13.8 Å². The van der Waals surface area contributed by atoms with Gasteiger partial charge in [0, 0.05) is 51.9 Å². The first kappa shape index (κ1) is 13.3. The molecular formula is C13H27N3O. The minimum Gasteiger partial charge on any atom is -0.377 e. The van der Waals surface area contributed by atoms with E-state index in [1.165, 1.54) is 39.3 Å². The van der Waals surface area contributed by atoms with E-state index in [0.29, 0.717) is 6.10 Å². The second kappa shape index (κ2) is 6.14. The zero-order valence-electron chi connectivity index (χ0n) is 11.6. The van der Waals surface area contributed by atoms with Crippen LogP contribution in [0.3, 0.4) is 0 Å². The Bertz CT molecular complexity index is 221. The Morgan fingerprint density at radius 3 is 2.35 bits per heavy atom. The van der Waals surface area contributed by atoms with Gasteiger partial charge in [0.05, 0.1) is 12.7 Å². The van der Waals surface area contributed by atoms with Crippen molar-refractivity contribution in [2.75, 3.05) is 59.5 Å². The molecule has 0 aromatic heterocycles. The van der Waals surface area contributed by atoms with Gasteiger partial charge in [-0.2, -0.15) is 0 Å². The normalized spacial score (nSPS) is 25.4. The lowest BCUT2D eigenvalue weighted by atomic mass is 10.1. The van der Waals surface area contributed by atoms with E-state index in [4.69, 9.17) is 4.74 Å². The van der Waals surface area contributed by atoms with Gasteiger partial charge < -0.3 is 9.64 Å². The molecule has 0 radical (unpaired) electrons. The Morgan fingerprint density at radius 2 is 1.76 bits per heavy atom. The minimum atomic E-state index is 0.365. The van der Waals surface area contributed by atoms with E-state index in [0.717, 1.165) is 19.2 Å². The second-order valence-corrected chi connectivity index (χ2v) is 5.67. The highest BCUT2D eigenvalue weighted by Crippen LogP contribution is 2.16. The van der Waals surface area contributed by atoms with Gasteiger partial charge in [0.2, 0.25) is 0 Å². The Hall–Kier alpha value is -0.160. The minimum absolute atomic E-state index is 0.365. The summed E-state index contributed by atoms with van der Waals surface area (Å²) >= 11 is 0. The fraction of sp³-hybridized carbons (Fsp3) is 1.00. The Labute approximate surface area is 105 Å². The van der Waals surface area contributed by atoms with Crippen molar-refractivity contribution >= 4 is 0 Å². The third-order valence-electron chi connectivity index (χ3n) is 3.85. The Balaban J connectivity index is 1.56. The van der Waals surface area contributed by atoms with Gasteiger partial charge in [-0.3, -0.25) is 9.80 Å². The van der Waals surface area contributed by atoms with E-state index in [-0.39, 0.29) is 0 Å². The first-order valence-corrected chi connectivity index (χ1v) is 6.91. The van der Waals surface area contributed by atoms with Crippen LogP contribution in [-0.4, -0.2) is 86.3 Å². The van der Waals surface area contributed by atoms with E-state index in [1.54, 1.807) is 0 Å². The molecule has 0 unspecified atom stereocenters.